The molecule has 1 unspecified atom stereocenters. The molecule has 1 fully saturated rings. The second-order valence-corrected chi connectivity index (χ2v) is 3.74. The molecule has 0 aromatic heterocycles. The molecule has 0 aliphatic carbocycles. The van der Waals surface area contributed by atoms with Gasteiger partial charge in [-0.3, -0.25) is 9.59 Å². The number of amides is 2. The van der Waals surface area contributed by atoms with Crippen LogP contribution < -0.4 is 16.4 Å². The molecule has 0 saturated carbocycles. The lowest BCUT2D eigenvalue weighted by atomic mass is 10.1. The normalized spacial score (nSPS) is 20.2. The lowest BCUT2D eigenvalue weighted by Gasteiger charge is -2.22. The van der Waals surface area contributed by atoms with Crippen LogP contribution in [0.15, 0.2) is 0 Å². The van der Waals surface area contributed by atoms with E-state index in [1.165, 1.54) is 0 Å². The average molecular weight is 229 g/mol. The molecule has 0 aromatic rings. The summed E-state index contributed by atoms with van der Waals surface area (Å²) in [5, 5.41) is 4.95. The Bertz CT molecular complexity index is 239. The van der Waals surface area contributed by atoms with Crippen LogP contribution in [-0.2, 0) is 14.3 Å². The highest BCUT2D eigenvalue weighted by molar-refractivity contribution is 6.35. The molecule has 6 nitrogen and oxygen atoms in total. The number of ether oxygens (including phenoxy) is 1. The first-order valence-corrected chi connectivity index (χ1v) is 5.61. The third-order valence-electron chi connectivity index (χ3n) is 2.40. The van der Waals surface area contributed by atoms with Crippen molar-refractivity contribution in [1.29, 1.82) is 0 Å². The van der Waals surface area contributed by atoms with Crippen LogP contribution in [0.3, 0.4) is 0 Å². The first kappa shape index (κ1) is 12.9. The molecule has 6 heteroatoms. The topological polar surface area (TPSA) is 93.5 Å². The van der Waals surface area contributed by atoms with E-state index >= 15 is 0 Å². The number of carbonyl (C=O) groups is 2. The van der Waals surface area contributed by atoms with Gasteiger partial charge in [-0.25, -0.2) is 0 Å². The Morgan fingerprint density at radius 1 is 1.25 bits per heavy atom. The lowest BCUT2D eigenvalue weighted by molar-refractivity contribution is -0.139. The molecule has 92 valence electrons. The van der Waals surface area contributed by atoms with Crippen molar-refractivity contribution in [3.8, 4) is 0 Å². The van der Waals surface area contributed by atoms with Gasteiger partial charge in [-0.1, -0.05) is 0 Å². The van der Waals surface area contributed by atoms with Gasteiger partial charge >= 0.3 is 11.8 Å². The summed E-state index contributed by atoms with van der Waals surface area (Å²) in [6.45, 7) is 1.77. The summed E-state index contributed by atoms with van der Waals surface area (Å²) in [4.78, 5) is 22.4. The minimum atomic E-state index is -0.638. The SMILES string of the molecule is NCCNC(=O)C(=O)NCC1CCCCO1. The molecular formula is C10H19N3O3. The number of nitrogens with one attached hydrogen (secondary N) is 2. The fourth-order valence-electron chi connectivity index (χ4n) is 1.52. The van der Waals surface area contributed by atoms with Gasteiger partial charge in [-0.15, -0.1) is 0 Å². The number of carbonyl (C=O) groups excluding carboxylic acids is 2. The maximum atomic E-state index is 11.3. The van der Waals surface area contributed by atoms with E-state index in [0.717, 1.165) is 25.9 Å². The third-order valence-corrected chi connectivity index (χ3v) is 2.40. The summed E-state index contributed by atoms with van der Waals surface area (Å²) in [5.74, 6) is -1.26. The molecule has 1 atom stereocenters. The Hall–Kier alpha value is -1.14. The predicted molar refractivity (Wildman–Crippen MR) is 58.7 cm³/mol. The van der Waals surface area contributed by atoms with Crippen LogP contribution in [0.1, 0.15) is 19.3 Å². The fraction of sp³-hybridized carbons (Fsp3) is 0.800. The van der Waals surface area contributed by atoms with Crippen molar-refractivity contribution in [3.63, 3.8) is 0 Å². The zero-order valence-electron chi connectivity index (χ0n) is 9.33. The zero-order valence-corrected chi connectivity index (χ0v) is 9.33. The monoisotopic (exact) mass is 229 g/mol. The quantitative estimate of drug-likeness (QED) is 0.525. The summed E-state index contributed by atoms with van der Waals surface area (Å²) in [6, 6.07) is 0. The van der Waals surface area contributed by atoms with Crippen LogP contribution in [0.4, 0.5) is 0 Å². The second kappa shape index (κ2) is 7.19. The van der Waals surface area contributed by atoms with Gasteiger partial charge < -0.3 is 21.1 Å². The van der Waals surface area contributed by atoms with Crippen LogP contribution in [0.2, 0.25) is 0 Å². The Morgan fingerprint density at radius 3 is 2.62 bits per heavy atom. The molecule has 2 amide bonds. The number of nitrogens with two attached hydrogens (primary N) is 1. The van der Waals surface area contributed by atoms with E-state index in [2.05, 4.69) is 10.6 Å². The van der Waals surface area contributed by atoms with Crippen molar-refractivity contribution in [2.45, 2.75) is 25.4 Å². The minimum Gasteiger partial charge on any atom is -0.376 e. The van der Waals surface area contributed by atoms with Gasteiger partial charge in [0.25, 0.3) is 0 Å². The summed E-state index contributed by atoms with van der Waals surface area (Å²) in [5.41, 5.74) is 5.20. The summed E-state index contributed by atoms with van der Waals surface area (Å²) in [6.07, 6.45) is 3.16. The number of hydrogen-bond donors (Lipinski definition) is 3. The summed E-state index contributed by atoms with van der Waals surface area (Å²) >= 11 is 0. The molecule has 0 spiro atoms. The van der Waals surface area contributed by atoms with Crippen molar-refractivity contribution in [2.75, 3.05) is 26.2 Å². The third kappa shape index (κ3) is 4.59. The fourth-order valence-corrected chi connectivity index (χ4v) is 1.52. The maximum absolute atomic E-state index is 11.3. The molecule has 1 saturated heterocycles. The second-order valence-electron chi connectivity index (χ2n) is 3.74. The molecule has 0 bridgehead atoms. The van der Waals surface area contributed by atoms with Gasteiger partial charge in [0.05, 0.1) is 6.10 Å². The molecular weight excluding hydrogens is 210 g/mol. The molecule has 16 heavy (non-hydrogen) atoms. The van der Waals surface area contributed by atoms with E-state index in [1.54, 1.807) is 0 Å². The highest BCUT2D eigenvalue weighted by atomic mass is 16.5. The van der Waals surface area contributed by atoms with E-state index in [4.69, 9.17) is 10.5 Å². The van der Waals surface area contributed by atoms with E-state index < -0.39 is 11.8 Å². The van der Waals surface area contributed by atoms with Crippen molar-refractivity contribution in [3.05, 3.63) is 0 Å². The van der Waals surface area contributed by atoms with Crippen molar-refractivity contribution >= 4 is 11.8 Å². The van der Waals surface area contributed by atoms with Gasteiger partial charge in [0.2, 0.25) is 0 Å². The van der Waals surface area contributed by atoms with Gasteiger partial charge in [-0.05, 0) is 19.3 Å². The Morgan fingerprint density at radius 2 is 2.00 bits per heavy atom. The Balaban J connectivity index is 2.15. The zero-order chi connectivity index (χ0) is 11.8. The molecule has 1 aliphatic rings. The smallest absolute Gasteiger partial charge is 0.309 e. The first-order chi connectivity index (χ1) is 7.74. The molecule has 0 aromatic carbocycles. The van der Waals surface area contributed by atoms with Crippen LogP contribution >= 0.6 is 0 Å². The van der Waals surface area contributed by atoms with E-state index in [9.17, 15) is 9.59 Å². The Kier molecular flexibility index (Phi) is 5.81. The molecule has 1 heterocycles. The highest BCUT2D eigenvalue weighted by Crippen LogP contribution is 2.11. The Labute approximate surface area is 94.9 Å². The van der Waals surface area contributed by atoms with E-state index in [1.807, 2.05) is 0 Å². The molecule has 1 aliphatic heterocycles. The van der Waals surface area contributed by atoms with Crippen LogP contribution in [0.5, 0.6) is 0 Å². The van der Waals surface area contributed by atoms with Gasteiger partial charge in [0.1, 0.15) is 0 Å². The highest BCUT2D eigenvalue weighted by Gasteiger charge is 2.17. The minimum absolute atomic E-state index is 0.0417. The van der Waals surface area contributed by atoms with Crippen LogP contribution in [0.25, 0.3) is 0 Å². The van der Waals surface area contributed by atoms with Crippen LogP contribution in [0, 0.1) is 0 Å². The van der Waals surface area contributed by atoms with Gasteiger partial charge in [-0.2, -0.15) is 0 Å². The molecule has 0 radical (unpaired) electrons. The largest absolute Gasteiger partial charge is 0.376 e. The standard InChI is InChI=1S/C10H19N3O3/c11-4-5-12-9(14)10(15)13-7-8-3-1-2-6-16-8/h8H,1-7,11H2,(H,12,14)(H,13,15). The maximum Gasteiger partial charge on any atom is 0.309 e. The van der Waals surface area contributed by atoms with E-state index in [-0.39, 0.29) is 6.10 Å². The number of rotatable bonds is 4. The van der Waals surface area contributed by atoms with Crippen molar-refractivity contribution in [1.82, 2.24) is 10.6 Å². The molecule has 1 rings (SSSR count). The predicted octanol–water partition coefficient (Wildman–Crippen LogP) is -1.25. The average Bonchev–Trinajstić information content (AvgIpc) is 2.34. The number of hydrogen-bond acceptors (Lipinski definition) is 4. The van der Waals surface area contributed by atoms with Crippen molar-refractivity contribution < 1.29 is 14.3 Å². The van der Waals surface area contributed by atoms with Crippen LogP contribution in [-0.4, -0.2) is 44.2 Å². The van der Waals surface area contributed by atoms with Gasteiger partial charge in [0.15, 0.2) is 0 Å². The lowest BCUT2D eigenvalue weighted by Crippen LogP contribution is -2.44. The first-order valence-electron chi connectivity index (χ1n) is 5.61. The van der Waals surface area contributed by atoms with Gasteiger partial charge in [0, 0.05) is 26.2 Å². The summed E-state index contributed by atoms with van der Waals surface area (Å²) in [7, 11) is 0. The summed E-state index contributed by atoms with van der Waals surface area (Å²) < 4.78 is 5.42. The van der Waals surface area contributed by atoms with Crippen molar-refractivity contribution in [2.24, 2.45) is 5.73 Å². The van der Waals surface area contributed by atoms with E-state index in [0.29, 0.717) is 19.6 Å². The molecule has 4 N–H and O–H groups in total.